The molecule has 3 aromatic rings. The highest BCUT2D eigenvalue weighted by molar-refractivity contribution is 7.89. The van der Waals surface area contributed by atoms with E-state index in [1.54, 1.807) is 36.4 Å². The van der Waals surface area contributed by atoms with Crippen LogP contribution in [-0.2, 0) is 21.4 Å². The molecule has 0 fully saturated rings. The second kappa shape index (κ2) is 9.55. The van der Waals surface area contributed by atoms with Crippen LogP contribution < -0.4 is 5.32 Å². The number of nitrogens with one attached hydrogen (secondary N) is 1. The number of benzene rings is 3. The number of hydrogen-bond acceptors (Lipinski definition) is 3. The fourth-order valence-corrected chi connectivity index (χ4v) is 4.41. The van der Waals surface area contributed by atoms with Crippen LogP contribution >= 0.6 is 11.6 Å². The number of nitrogens with zero attached hydrogens (tertiary/aromatic N) is 1. The maximum absolute atomic E-state index is 13.4. The molecule has 3 aromatic carbocycles. The van der Waals surface area contributed by atoms with E-state index < -0.39 is 34.1 Å². The van der Waals surface area contributed by atoms with Crippen molar-refractivity contribution in [3.63, 3.8) is 0 Å². The van der Waals surface area contributed by atoms with Crippen LogP contribution in [0.3, 0.4) is 0 Å². The van der Waals surface area contributed by atoms with Gasteiger partial charge in [0.25, 0.3) is 0 Å². The SMILES string of the molecule is Cc1ccc(S(=O)(=O)N(CC(=O)Nc2ccc(F)c(F)c2)Cc2ccccc2Cl)cc1. The third-order valence-corrected chi connectivity index (χ3v) is 6.66. The average molecular weight is 465 g/mol. The zero-order chi connectivity index (χ0) is 22.6. The smallest absolute Gasteiger partial charge is 0.243 e. The number of halogens is 3. The van der Waals surface area contributed by atoms with Crippen LogP contribution in [0.5, 0.6) is 0 Å². The topological polar surface area (TPSA) is 66.5 Å². The van der Waals surface area contributed by atoms with Crippen LogP contribution in [0.15, 0.2) is 71.6 Å². The highest BCUT2D eigenvalue weighted by atomic mass is 35.5. The van der Waals surface area contributed by atoms with E-state index in [-0.39, 0.29) is 17.1 Å². The highest BCUT2D eigenvalue weighted by Gasteiger charge is 2.27. The summed E-state index contributed by atoms with van der Waals surface area (Å²) in [6.07, 6.45) is 0. The lowest BCUT2D eigenvalue weighted by molar-refractivity contribution is -0.116. The van der Waals surface area contributed by atoms with E-state index in [0.717, 1.165) is 22.0 Å². The van der Waals surface area contributed by atoms with Gasteiger partial charge in [-0.25, -0.2) is 17.2 Å². The molecule has 0 unspecified atom stereocenters. The molecule has 0 heterocycles. The molecule has 0 aliphatic heterocycles. The molecule has 162 valence electrons. The maximum atomic E-state index is 13.4. The Morgan fingerprint density at radius 2 is 1.68 bits per heavy atom. The summed E-state index contributed by atoms with van der Waals surface area (Å²) in [5.41, 5.74) is 1.41. The van der Waals surface area contributed by atoms with Crippen LogP contribution in [0.2, 0.25) is 5.02 Å². The number of carbonyl (C=O) groups excluding carboxylic acids is 1. The average Bonchev–Trinajstić information content (AvgIpc) is 2.72. The minimum Gasteiger partial charge on any atom is -0.325 e. The molecule has 1 N–H and O–H groups in total. The van der Waals surface area contributed by atoms with Gasteiger partial charge in [-0.05, 0) is 42.8 Å². The molecule has 9 heteroatoms. The van der Waals surface area contributed by atoms with Crippen molar-refractivity contribution in [2.45, 2.75) is 18.4 Å². The van der Waals surface area contributed by atoms with Crippen molar-refractivity contribution in [1.82, 2.24) is 4.31 Å². The summed E-state index contributed by atoms with van der Waals surface area (Å²) in [5, 5.41) is 2.74. The number of anilines is 1. The standard InChI is InChI=1S/C22H19ClF2N2O3S/c1-15-6-9-18(10-7-15)31(29,30)27(13-16-4-2-3-5-19(16)23)14-22(28)26-17-8-11-20(24)21(25)12-17/h2-12H,13-14H2,1H3,(H,26,28). The molecule has 1 amide bonds. The normalized spacial score (nSPS) is 11.5. The van der Waals surface area contributed by atoms with Gasteiger partial charge in [0.1, 0.15) is 0 Å². The van der Waals surface area contributed by atoms with Gasteiger partial charge in [0.2, 0.25) is 15.9 Å². The summed E-state index contributed by atoms with van der Waals surface area (Å²) < 4.78 is 54.0. The zero-order valence-corrected chi connectivity index (χ0v) is 18.1. The van der Waals surface area contributed by atoms with E-state index in [1.165, 1.54) is 18.2 Å². The Kier molecular flexibility index (Phi) is 7.04. The largest absolute Gasteiger partial charge is 0.325 e. The highest BCUT2D eigenvalue weighted by Crippen LogP contribution is 2.23. The van der Waals surface area contributed by atoms with Gasteiger partial charge in [-0.2, -0.15) is 4.31 Å². The fourth-order valence-electron chi connectivity index (χ4n) is 2.84. The van der Waals surface area contributed by atoms with Crippen LogP contribution in [0.1, 0.15) is 11.1 Å². The predicted octanol–water partition coefficient (Wildman–Crippen LogP) is 4.76. The first kappa shape index (κ1) is 22.9. The van der Waals surface area contributed by atoms with Crippen molar-refractivity contribution in [3.8, 4) is 0 Å². The quantitative estimate of drug-likeness (QED) is 0.548. The molecule has 0 aliphatic carbocycles. The monoisotopic (exact) mass is 464 g/mol. The fraction of sp³-hybridized carbons (Fsp3) is 0.136. The van der Waals surface area contributed by atoms with Gasteiger partial charge in [-0.1, -0.05) is 47.5 Å². The molecule has 0 saturated carbocycles. The van der Waals surface area contributed by atoms with E-state index >= 15 is 0 Å². The van der Waals surface area contributed by atoms with E-state index in [4.69, 9.17) is 11.6 Å². The number of rotatable bonds is 7. The van der Waals surface area contributed by atoms with Crippen molar-refractivity contribution >= 4 is 33.2 Å². The van der Waals surface area contributed by atoms with Gasteiger partial charge in [0, 0.05) is 23.3 Å². The van der Waals surface area contributed by atoms with Crippen LogP contribution in [0.25, 0.3) is 0 Å². The molecule has 0 bridgehead atoms. The first-order valence-corrected chi connectivity index (χ1v) is 11.0. The van der Waals surface area contributed by atoms with E-state index in [0.29, 0.717) is 10.6 Å². The zero-order valence-electron chi connectivity index (χ0n) is 16.5. The number of amides is 1. The molecule has 0 aliphatic rings. The summed E-state index contributed by atoms with van der Waals surface area (Å²) in [4.78, 5) is 12.6. The van der Waals surface area contributed by atoms with Crippen molar-refractivity contribution < 1.29 is 22.0 Å². The van der Waals surface area contributed by atoms with E-state index in [2.05, 4.69) is 5.32 Å². The van der Waals surface area contributed by atoms with Gasteiger partial charge in [0.05, 0.1) is 11.4 Å². The molecule has 0 saturated heterocycles. The van der Waals surface area contributed by atoms with Crippen LogP contribution in [-0.4, -0.2) is 25.2 Å². The van der Waals surface area contributed by atoms with Crippen LogP contribution in [0.4, 0.5) is 14.5 Å². The Morgan fingerprint density at radius 3 is 2.32 bits per heavy atom. The Bertz CT molecular complexity index is 1200. The number of aryl methyl sites for hydroxylation is 1. The summed E-state index contributed by atoms with van der Waals surface area (Å²) in [6, 6.07) is 15.8. The van der Waals surface area contributed by atoms with Gasteiger partial charge in [0.15, 0.2) is 11.6 Å². The number of carbonyl (C=O) groups is 1. The number of sulfonamides is 1. The molecule has 0 spiro atoms. The first-order valence-electron chi connectivity index (χ1n) is 9.22. The summed E-state index contributed by atoms with van der Waals surface area (Å²) in [6.45, 7) is 1.12. The third kappa shape index (κ3) is 5.66. The van der Waals surface area contributed by atoms with Gasteiger partial charge < -0.3 is 5.32 Å². The van der Waals surface area contributed by atoms with Crippen molar-refractivity contribution in [3.05, 3.63) is 94.5 Å². The maximum Gasteiger partial charge on any atom is 0.243 e. The molecule has 31 heavy (non-hydrogen) atoms. The molecule has 0 aromatic heterocycles. The Morgan fingerprint density at radius 1 is 1.00 bits per heavy atom. The molecule has 0 radical (unpaired) electrons. The molecule has 3 rings (SSSR count). The Hall–Kier alpha value is -2.81. The first-order chi connectivity index (χ1) is 14.7. The molecule has 0 atom stereocenters. The molecular weight excluding hydrogens is 446 g/mol. The van der Waals surface area contributed by atoms with E-state index in [9.17, 15) is 22.0 Å². The van der Waals surface area contributed by atoms with Gasteiger partial charge in [-0.15, -0.1) is 0 Å². The second-order valence-electron chi connectivity index (χ2n) is 6.85. The lowest BCUT2D eigenvalue weighted by Crippen LogP contribution is -2.37. The lowest BCUT2D eigenvalue weighted by Gasteiger charge is -2.22. The molecular formula is C22H19ClF2N2O3S. The van der Waals surface area contributed by atoms with Gasteiger partial charge in [-0.3, -0.25) is 4.79 Å². The summed E-state index contributed by atoms with van der Waals surface area (Å²) >= 11 is 6.18. The minimum atomic E-state index is -4.06. The van der Waals surface area contributed by atoms with Crippen molar-refractivity contribution in [2.24, 2.45) is 0 Å². The third-order valence-electron chi connectivity index (χ3n) is 4.49. The summed E-state index contributed by atoms with van der Waals surface area (Å²) in [5.74, 6) is -2.90. The molecule has 5 nitrogen and oxygen atoms in total. The summed E-state index contributed by atoms with van der Waals surface area (Å²) in [7, 11) is -4.06. The predicted molar refractivity (Wildman–Crippen MR) is 115 cm³/mol. The second-order valence-corrected chi connectivity index (χ2v) is 9.20. The Labute approximate surface area is 184 Å². The van der Waals surface area contributed by atoms with Gasteiger partial charge >= 0.3 is 0 Å². The van der Waals surface area contributed by atoms with Crippen LogP contribution in [0, 0.1) is 18.6 Å². The lowest BCUT2D eigenvalue weighted by atomic mass is 10.2. The Balaban J connectivity index is 1.89. The number of hydrogen-bond donors (Lipinski definition) is 1. The van der Waals surface area contributed by atoms with E-state index in [1.807, 2.05) is 6.92 Å². The minimum absolute atomic E-state index is 0.00864. The van der Waals surface area contributed by atoms with Crippen molar-refractivity contribution in [1.29, 1.82) is 0 Å². The van der Waals surface area contributed by atoms with Crippen molar-refractivity contribution in [2.75, 3.05) is 11.9 Å².